The number of fused-ring (bicyclic) bond motifs is 2. The van der Waals surface area contributed by atoms with Crippen LogP contribution in [0, 0.1) is 0 Å². The molecule has 0 bridgehead atoms. The third-order valence-corrected chi connectivity index (χ3v) is 3.72. The van der Waals surface area contributed by atoms with Gasteiger partial charge in [0.25, 0.3) is 5.91 Å². The van der Waals surface area contributed by atoms with Crippen molar-refractivity contribution >= 4 is 39.6 Å². The first kappa shape index (κ1) is 12.9. The van der Waals surface area contributed by atoms with Crippen LogP contribution < -0.4 is 0 Å². The van der Waals surface area contributed by atoms with Crippen LogP contribution in [0.3, 0.4) is 0 Å². The second-order valence-electron chi connectivity index (χ2n) is 4.78. The molecule has 106 valence electrons. The summed E-state index contributed by atoms with van der Waals surface area (Å²) in [6, 6.07) is 10.7. The normalized spacial score (nSPS) is 11.1. The third-order valence-electron chi connectivity index (χ3n) is 3.41. The second kappa shape index (κ2) is 4.89. The van der Waals surface area contributed by atoms with Crippen LogP contribution in [0.25, 0.3) is 22.1 Å². The number of carbonyl (C=O) groups is 1. The Labute approximate surface area is 130 Å². The molecule has 2 aromatic carbocycles. The van der Waals surface area contributed by atoms with E-state index in [4.69, 9.17) is 11.6 Å². The molecule has 0 spiro atoms. The molecule has 0 aliphatic heterocycles. The molecule has 5 nitrogen and oxygen atoms in total. The summed E-state index contributed by atoms with van der Waals surface area (Å²) in [5.74, 6) is -0.196. The molecule has 0 radical (unpaired) electrons. The SMILES string of the molecule is O=C(c1cccc2nc3c(Cl)cccc3nc12)n1ccnc1. The molecule has 0 unspecified atom stereocenters. The number of para-hydroxylation sites is 2. The van der Waals surface area contributed by atoms with Gasteiger partial charge in [-0.15, -0.1) is 0 Å². The maximum Gasteiger partial charge on any atom is 0.265 e. The molecule has 6 heteroatoms. The van der Waals surface area contributed by atoms with Gasteiger partial charge >= 0.3 is 0 Å². The predicted octanol–water partition coefficient (Wildman–Crippen LogP) is 3.32. The zero-order valence-corrected chi connectivity index (χ0v) is 12.0. The van der Waals surface area contributed by atoms with Gasteiger partial charge in [0.1, 0.15) is 17.4 Å². The molecule has 22 heavy (non-hydrogen) atoms. The van der Waals surface area contributed by atoms with E-state index in [0.29, 0.717) is 32.7 Å². The highest BCUT2D eigenvalue weighted by atomic mass is 35.5. The summed E-state index contributed by atoms with van der Waals surface area (Å²) in [5, 5.41) is 0.540. The van der Waals surface area contributed by atoms with Gasteiger partial charge in [0, 0.05) is 12.4 Å². The summed E-state index contributed by atoms with van der Waals surface area (Å²) in [6.45, 7) is 0. The maximum atomic E-state index is 12.6. The van der Waals surface area contributed by atoms with Gasteiger partial charge in [-0.3, -0.25) is 9.36 Å². The Morgan fingerprint density at radius 3 is 2.50 bits per heavy atom. The zero-order valence-electron chi connectivity index (χ0n) is 11.3. The summed E-state index contributed by atoms with van der Waals surface area (Å²) in [6.07, 6.45) is 4.63. The van der Waals surface area contributed by atoms with E-state index in [1.54, 1.807) is 30.6 Å². The second-order valence-corrected chi connectivity index (χ2v) is 5.19. The molecule has 0 fully saturated rings. The monoisotopic (exact) mass is 308 g/mol. The lowest BCUT2D eigenvalue weighted by molar-refractivity contribution is 0.0961. The van der Waals surface area contributed by atoms with E-state index in [2.05, 4.69) is 15.0 Å². The fourth-order valence-electron chi connectivity index (χ4n) is 2.38. The van der Waals surface area contributed by atoms with Crippen LogP contribution in [0.2, 0.25) is 5.02 Å². The molecule has 0 aliphatic carbocycles. The Morgan fingerprint density at radius 2 is 1.73 bits per heavy atom. The van der Waals surface area contributed by atoms with E-state index >= 15 is 0 Å². The van der Waals surface area contributed by atoms with Crippen molar-refractivity contribution in [2.75, 3.05) is 0 Å². The van der Waals surface area contributed by atoms with Gasteiger partial charge in [0.2, 0.25) is 0 Å². The van der Waals surface area contributed by atoms with Crippen LogP contribution in [-0.4, -0.2) is 25.4 Å². The standard InChI is InChI=1S/C16H9ClN4O/c17-11-4-2-6-13-15(11)20-12-5-1-3-10(14(12)19-13)16(22)21-8-7-18-9-21/h1-9H. The molecule has 0 atom stereocenters. The minimum Gasteiger partial charge on any atom is -0.272 e. The molecule has 0 aliphatic rings. The molecule has 0 saturated heterocycles. The summed E-state index contributed by atoms with van der Waals surface area (Å²) < 4.78 is 1.42. The fraction of sp³-hybridized carbons (Fsp3) is 0. The van der Waals surface area contributed by atoms with E-state index in [-0.39, 0.29) is 5.91 Å². The number of nitrogens with zero attached hydrogens (tertiary/aromatic N) is 4. The number of aromatic nitrogens is 4. The lowest BCUT2D eigenvalue weighted by Gasteiger charge is -2.07. The van der Waals surface area contributed by atoms with Crippen molar-refractivity contribution < 1.29 is 4.79 Å². The molecular formula is C16H9ClN4O. The number of rotatable bonds is 1. The highest BCUT2D eigenvalue weighted by Crippen LogP contribution is 2.24. The van der Waals surface area contributed by atoms with Gasteiger partial charge in [-0.25, -0.2) is 15.0 Å². The molecule has 0 saturated carbocycles. The first-order valence-electron chi connectivity index (χ1n) is 6.62. The topological polar surface area (TPSA) is 60.7 Å². The molecule has 0 amide bonds. The molecule has 0 N–H and O–H groups in total. The van der Waals surface area contributed by atoms with Crippen LogP contribution >= 0.6 is 11.6 Å². The van der Waals surface area contributed by atoms with Gasteiger partial charge in [-0.1, -0.05) is 23.7 Å². The Bertz CT molecular complexity index is 1010. The zero-order chi connectivity index (χ0) is 15.1. The van der Waals surface area contributed by atoms with Gasteiger partial charge in [-0.05, 0) is 24.3 Å². The summed E-state index contributed by atoms with van der Waals surface area (Å²) >= 11 is 6.16. The van der Waals surface area contributed by atoms with Crippen molar-refractivity contribution in [3.63, 3.8) is 0 Å². The van der Waals surface area contributed by atoms with Crippen molar-refractivity contribution in [1.82, 2.24) is 19.5 Å². The average Bonchev–Trinajstić information content (AvgIpc) is 3.07. The van der Waals surface area contributed by atoms with Crippen LogP contribution in [-0.2, 0) is 0 Å². The van der Waals surface area contributed by atoms with E-state index in [1.807, 2.05) is 18.2 Å². The highest BCUT2D eigenvalue weighted by Gasteiger charge is 2.14. The highest BCUT2D eigenvalue weighted by molar-refractivity contribution is 6.35. The van der Waals surface area contributed by atoms with E-state index in [9.17, 15) is 4.79 Å². The van der Waals surface area contributed by atoms with E-state index in [1.165, 1.54) is 10.9 Å². The number of carbonyl (C=O) groups excluding carboxylic acids is 1. The maximum absolute atomic E-state index is 12.6. The molecule has 4 aromatic rings. The van der Waals surface area contributed by atoms with Crippen LogP contribution in [0.5, 0.6) is 0 Å². The first-order valence-corrected chi connectivity index (χ1v) is 6.99. The molecular weight excluding hydrogens is 300 g/mol. The Hall–Kier alpha value is -2.79. The Morgan fingerprint density at radius 1 is 1.00 bits per heavy atom. The Balaban J connectivity index is 2.02. The van der Waals surface area contributed by atoms with Gasteiger partial charge in [0.05, 0.1) is 21.6 Å². The molecule has 4 rings (SSSR count). The smallest absolute Gasteiger partial charge is 0.265 e. The van der Waals surface area contributed by atoms with Crippen molar-refractivity contribution in [1.29, 1.82) is 0 Å². The van der Waals surface area contributed by atoms with Gasteiger partial charge < -0.3 is 0 Å². The minimum atomic E-state index is -0.196. The van der Waals surface area contributed by atoms with E-state index in [0.717, 1.165) is 0 Å². The Kier molecular flexibility index (Phi) is 2.87. The van der Waals surface area contributed by atoms with Crippen LogP contribution in [0.1, 0.15) is 10.4 Å². The number of imidazole rings is 1. The number of benzene rings is 2. The van der Waals surface area contributed by atoms with Crippen molar-refractivity contribution in [3.8, 4) is 0 Å². The molecule has 2 heterocycles. The first-order chi connectivity index (χ1) is 10.7. The summed E-state index contributed by atoms with van der Waals surface area (Å²) in [5.41, 5.74) is 2.95. The number of hydrogen-bond acceptors (Lipinski definition) is 4. The van der Waals surface area contributed by atoms with Crippen molar-refractivity contribution in [2.24, 2.45) is 0 Å². The fourth-order valence-corrected chi connectivity index (χ4v) is 2.59. The molecule has 2 aromatic heterocycles. The minimum absolute atomic E-state index is 0.196. The average molecular weight is 309 g/mol. The lowest BCUT2D eigenvalue weighted by atomic mass is 10.1. The number of halogens is 1. The van der Waals surface area contributed by atoms with Crippen molar-refractivity contribution in [2.45, 2.75) is 0 Å². The van der Waals surface area contributed by atoms with Crippen molar-refractivity contribution in [3.05, 3.63) is 65.7 Å². The summed E-state index contributed by atoms with van der Waals surface area (Å²) in [7, 11) is 0. The summed E-state index contributed by atoms with van der Waals surface area (Å²) in [4.78, 5) is 25.6. The third kappa shape index (κ3) is 1.95. The quantitative estimate of drug-likeness (QED) is 0.506. The van der Waals surface area contributed by atoms with E-state index < -0.39 is 0 Å². The number of hydrogen-bond donors (Lipinski definition) is 0. The van der Waals surface area contributed by atoms with Gasteiger partial charge in [-0.2, -0.15) is 0 Å². The largest absolute Gasteiger partial charge is 0.272 e. The van der Waals surface area contributed by atoms with Crippen LogP contribution in [0.4, 0.5) is 0 Å². The predicted molar refractivity (Wildman–Crippen MR) is 84.0 cm³/mol. The lowest BCUT2D eigenvalue weighted by Crippen LogP contribution is -2.11. The van der Waals surface area contributed by atoms with Crippen LogP contribution in [0.15, 0.2) is 55.1 Å². The van der Waals surface area contributed by atoms with Gasteiger partial charge in [0.15, 0.2) is 0 Å².